The molecule has 1 atom stereocenters. The van der Waals surface area contributed by atoms with E-state index in [1.54, 1.807) is 0 Å². The number of piperazine rings is 1. The summed E-state index contributed by atoms with van der Waals surface area (Å²) in [5.41, 5.74) is -0.479. The third-order valence-corrected chi connectivity index (χ3v) is 3.33. The van der Waals surface area contributed by atoms with E-state index < -0.39 is 23.1 Å². The number of nitrogens with zero attached hydrogens (tertiary/aromatic N) is 1. The molecule has 1 saturated heterocycles. The Balaban J connectivity index is 2.28. The number of carbonyl (C=O) groups excluding carboxylic acids is 1. The van der Waals surface area contributed by atoms with E-state index in [9.17, 15) is 13.6 Å². The maximum atomic E-state index is 13.7. The van der Waals surface area contributed by atoms with Crippen LogP contribution in [0.1, 0.15) is 17.3 Å². The second-order valence-electron chi connectivity index (χ2n) is 4.35. The highest BCUT2D eigenvalue weighted by molar-refractivity contribution is 9.10. The lowest BCUT2D eigenvalue weighted by Crippen LogP contribution is -2.51. The number of benzene rings is 1. The molecule has 2 rings (SSSR count). The highest BCUT2D eigenvalue weighted by Gasteiger charge is 2.26. The van der Waals surface area contributed by atoms with Gasteiger partial charge in [-0.05, 0) is 19.1 Å². The molecule has 1 aromatic rings. The summed E-state index contributed by atoms with van der Waals surface area (Å²) in [5.74, 6) is -2.26. The zero-order valence-corrected chi connectivity index (χ0v) is 11.4. The zero-order chi connectivity index (χ0) is 13.3. The van der Waals surface area contributed by atoms with Gasteiger partial charge in [-0.3, -0.25) is 4.79 Å². The second kappa shape index (κ2) is 5.32. The Labute approximate surface area is 112 Å². The number of nitrogens with one attached hydrogen (secondary N) is 1. The molecule has 98 valence electrons. The molecule has 1 fully saturated rings. The van der Waals surface area contributed by atoms with E-state index in [-0.39, 0.29) is 10.5 Å². The lowest BCUT2D eigenvalue weighted by Gasteiger charge is -2.32. The van der Waals surface area contributed by atoms with Crippen molar-refractivity contribution in [2.45, 2.75) is 13.0 Å². The first-order valence-electron chi connectivity index (χ1n) is 5.66. The first-order valence-corrected chi connectivity index (χ1v) is 6.45. The van der Waals surface area contributed by atoms with Crippen LogP contribution in [0.3, 0.4) is 0 Å². The second-order valence-corrected chi connectivity index (χ2v) is 5.27. The maximum Gasteiger partial charge on any atom is 0.259 e. The van der Waals surface area contributed by atoms with Crippen molar-refractivity contribution in [1.82, 2.24) is 10.2 Å². The molecule has 1 aromatic carbocycles. The first-order chi connectivity index (χ1) is 8.49. The van der Waals surface area contributed by atoms with Crippen molar-refractivity contribution in [3.63, 3.8) is 0 Å². The maximum absolute atomic E-state index is 13.7. The monoisotopic (exact) mass is 318 g/mol. The number of hydrogen-bond donors (Lipinski definition) is 1. The average molecular weight is 319 g/mol. The van der Waals surface area contributed by atoms with E-state index in [2.05, 4.69) is 21.2 Å². The fraction of sp³-hybridized carbons (Fsp3) is 0.417. The van der Waals surface area contributed by atoms with E-state index in [0.717, 1.165) is 12.1 Å². The molecule has 0 radical (unpaired) electrons. The molecule has 1 N–H and O–H groups in total. The third-order valence-electron chi connectivity index (χ3n) is 2.88. The van der Waals surface area contributed by atoms with E-state index in [0.29, 0.717) is 19.6 Å². The summed E-state index contributed by atoms with van der Waals surface area (Å²) in [7, 11) is 0. The summed E-state index contributed by atoms with van der Waals surface area (Å²) in [6, 6.07) is 2.33. The van der Waals surface area contributed by atoms with Gasteiger partial charge in [0, 0.05) is 30.1 Å². The zero-order valence-electron chi connectivity index (χ0n) is 9.84. The van der Waals surface area contributed by atoms with Gasteiger partial charge in [0.25, 0.3) is 5.91 Å². The smallest absolute Gasteiger partial charge is 0.259 e. The van der Waals surface area contributed by atoms with Crippen LogP contribution in [0, 0.1) is 11.6 Å². The molecule has 0 spiro atoms. The molecular weight excluding hydrogens is 306 g/mol. The summed E-state index contributed by atoms with van der Waals surface area (Å²) in [4.78, 5) is 13.6. The quantitative estimate of drug-likeness (QED) is 0.860. The topological polar surface area (TPSA) is 32.3 Å². The van der Waals surface area contributed by atoms with Gasteiger partial charge in [-0.25, -0.2) is 8.78 Å². The summed E-state index contributed by atoms with van der Waals surface area (Å²) in [6.45, 7) is 3.46. The van der Waals surface area contributed by atoms with E-state index in [1.165, 1.54) is 4.90 Å². The van der Waals surface area contributed by atoms with E-state index in [4.69, 9.17) is 0 Å². The summed E-state index contributed by atoms with van der Waals surface area (Å²) in [5, 5.41) is 3.17. The molecule has 0 saturated carbocycles. The van der Waals surface area contributed by atoms with Crippen molar-refractivity contribution in [3.05, 3.63) is 33.8 Å². The van der Waals surface area contributed by atoms with Gasteiger partial charge in [0.15, 0.2) is 0 Å². The number of amides is 1. The van der Waals surface area contributed by atoms with Crippen LogP contribution in [-0.2, 0) is 0 Å². The van der Waals surface area contributed by atoms with Gasteiger partial charge in [-0.15, -0.1) is 0 Å². The molecule has 0 aliphatic carbocycles. The van der Waals surface area contributed by atoms with Crippen LogP contribution in [-0.4, -0.2) is 36.5 Å². The minimum atomic E-state index is -0.835. The van der Waals surface area contributed by atoms with Crippen molar-refractivity contribution in [1.29, 1.82) is 0 Å². The number of hydrogen-bond acceptors (Lipinski definition) is 2. The molecule has 3 nitrogen and oxygen atoms in total. The van der Waals surface area contributed by atoms with Crippen molar-refractivity contribution in [2.24, 2.45) is 0 Å². The van der Waals surface area contributed by atoms with Crippen molar-refractivity contribution < 1.29 is 13.6 Å². The van der Waals surface area contributed by atoms with Gasteiger partial charge in [-0.2, -0.15) is 0 Å². The highest BCUT2D eigenvalue weighted by Crippen LogP contribution is 2.21. The molecule has 18 heavy (non-hydrogen) atoms. The SMILES string of the molecule is C[C@H]1CN(C(=O)c2c(F)cc(Br)cc2F)CCN1. The molecule has 1 heterocycles. The van der Waals surface area contributed by atoms with Gasteiger partial charge in [0.05, 0.1) is 0 Å². The van der Waals surface area contributed by atoms with Crippen LogP contribution in [0.2, 0.25) is 0 Å². The molecule has 1 amide bonds. The lowest BCUT2D eigenvalue weighted by molar-refractivity contribution is 0.0699. The van der Waals surface area contributed by atoms with Crippen LogP contribution in [0.4, 0.5) is 8.78 Å². The van der Waals surface area contributed by atoms with E-state index in [1.807, 2.05) is 6.92 Å². The van der Waals surface area contributed by atoms with Crippen LogP contribution >= 0.6 is 15.9 Å². The number of halogens is 3. The van der Waals surface area contributed by atoms with Crippen molar-refractivity contribution in [3.8, 4) is 0 Å². The molecule has 0 aromatic heterocycles. The molecule has 1 aliphatic heterocycles. The summed E-state index contributed by atoms with van der Waals surface area (Å²) in [6.07, 6.45) is 0. The van der Waals surface area contributed by atoms with Crippen molar-refractivity contribution in [2.75, 3.05) is 19.6 Å². The average Bonchev–Trinajstić information content (AvgIpc) is 2.27. The van der Waals surface area contributed by atoms with Gasteiger partial charge >= 0.3 is 0 Å². The number of carbonyl (C=O) groups is 1. The minimum Gasteiger partial charge on any atom is -0.336 e. The van der Waals surface area contributed by atoms with Gasteiger partial charge in [-0.1, -0.05) is 15.9 Å². The molecular formula is C12H13BrF2N2O. The van der Waals surface area contributed by atoms with Crippen LogP contribution < -0.4 is 5.32 Å². The molecule has 6 heteroatoms. The Bertz CT molecular complexity index is 458. The third kappa shape index (κ3) is 2.70. The molecule has 0 bridgehead atoms. The Kier molecular flexibility index (Phi) is 3.97. The summed E-state index contributed by atoms with van der Waals surface area (Å²) < 4.78 is 27.6. The molecule has 0 unspecified atom stereocenters. The molecule has 1 aliphatic rings. The Morgan fingerprint density at radius 2 is 2.06 bits per heavy atom. The summed E-state index contributed by atoms with van der Waals surface area (Å²) >= 11 is 2.99. The number of rotatable bonds is 1. The largest absolute Gasteiger partial charge is 0.336 e. The fourth-order valence-corrected chi connectivity index (χ4v) is 2.42. The predicted molar refractivity (Wildman–Crippen MR) is 67.4 cm³/mol. The van der Waals surface area contributed by atoms with Gasteiger partial charge < -0.3 is 10.2 Å². The van der Waals surface area contributed by atoms with Gasteiger partial charge in [0.1, 0.15) is 17.2 Å². The first kappa shape index (κ1) is 13.4. The predicted octanol–water partition coefficient (Wildman–Crippen LogP) is 2.16. The Hall–Kier alpha value is -1.01. The highest BCUT2D eigenvalue weighted by atomic mass is 79.9. The van der Waals surface area contributed by atoms with Crippen molar-refractivity contribution >= 4 is 21.8 Å². The van der Waals surface area contributed by atoms with Crippen LogP contribution in [0.5, 0.6) is 0 Å². The Morgan fingerprint density at radius 1 is 1.44 bits per heavy atom. The van der Waals surface area contributed by atoms with Gasteiger partial charge in [0.2, 0.25) is 0 Å². The Morgan fingerprint density at radius 3 is 2.61 bits per heavy atom. The van der Waals surface area contributed by atoms with Crippen LogP contribution in [0.25, 0.3) is 0 Å². The fourth-order valence-electron chi connectivity index (χ4n) is 2.02. The lowest BCUT2D eigenvalue weighted by atomic mass is 10.1. The van der Waals surface area contributed by atoms with Crippen LogP contribution in [0.15, 0.2) is 16.6 Å². The standard InChI is InChI=1S/C12H13BrF2N2O/c1-7-6-17(3-2-16-7)12(18)11-9(14)4-8(13)5-10(11)15/h4-5,7,16H,2-3,6H2,1H3/t7-/m0/s1. The van der Waals surface area contributed by atoms with E-state index >= 15 is 0 Å². The minimum absolute atomic E-state index is 0.129. The normalized spacial score (nSPS) is 20.0.